The number of fused-ring (bicyclic) bond motifs is 1. The van der Waals surface area contributed by atoms with E-state index in [-0.39, 0.29) is 17.7 Å². The average Bonchev–Trinajstić information content (AvgIpc) is 2.74. The smallest absolute Gasteiger partial charge is 0.139 e. The van der Waals surface area contributed by atoms with E-state index in [4.69, 9.17) is 16.3 Å². The molecule has 0 N–H and O–H groups in total. The Balaban J connectivity index is 2.68. The van der Waals surface area contributed by atoms with E-state index in [2.05, 4.69) is 34.8 Å². The highest BCUT2D eigenvalue weighted by atomic mass is 79.9. The van der Waals surface area contributed by atoms with Gasteiger partial charge in [0.2, 0.25) is 0 Å². The summed E-state index contributed by atoms with van der Waals surface area (Å²) in [4.78, 5) is 4.50. The van der Waals surface area contributed by atoms with Gasteiger partial charge in [-0.15, -0.1) is 11.6 Å². The molecule has 0 aliphatic heterocycles. The van der Waals surface area contributed by atoms with Crippen molar-refractivity contribution < 1.29 is 9.13 Å². The van der Waals surface area contributed by atoms with E-state index in [0.717, 1.165) is 16.9 Å². The Bertz CT molecular complexity index is 615. The Morgan fingerprint density at radius 3 is 2.70 bits per heavy atom. The van der Waals surface area contributed by atoms with Gasteiger partial charge in [-0.2, -0.15) is 0 Å². The number of hydrogen-bond donors (Lipinski definition) is 0. The lowest BCUT2D eigenvalue weighted by atomic mass is 10.0. The van der Waals surface area contributed by atoms with Gasteiger partial charge in [0.15, 0.2) is 0 Å². The fraction of sp³-hybridized carbons (Fsp3) is 0.500. The molecule has 0 radical (unpaired) electrons. The predicted octanol–water partition coefficient (Wildman–Crippen LogP) is 4.52. The van der Waals surface area contributed by atoms with E-state index < -0.39 is 0 Å². The number of nitrogens with zero attached hydrogens (tertiary/aromatic N) is 2. The van der Waals surface area contributed by atoms with Crippen molar-refractivity contribution in [1.29, 1.82) is 0 Å². The fourth-order valence-corrected chi connectivity index (χ4v) is 2.86. The van der Waals surface area contributed by atoms with Crippen LogP contribution in [0.5, 0.6) is 0 Å². The van der Waals surface area contributed by atoms with Crippen LogP contribution in [-0.4, -0.2) is 23.3 Å². The van der Waals surface area contributed by atoms with Crippen LogP contribution >= 0.6 is 27.5 Å². The molecule has 0 bridgehead atoms. The van der Waals surface area contributed by atoms with Crippen LogP contribution in [0.2, 0.25) is 0 Å². The summed E-state index contributed by atoms with van der Waals surface area (Å²) in [5, 5.41) is 0. The lowest BCUT2D eigenvalue weighted by Crippen LogP contribution is -2.22. The summed E-state index contributed by atoms with van der Waals surface area (Å²) >= 11 is 9.19. The highest BCUT2D eigenvalue weighted by Crippen LogP contribution is 2.30. The van der Waals surface area contributed by atoms with Crippen LogP contribution in [0.1, 0.15) is 25.7 Å². The van der Waals surface area contributed by atoms with Gasteiger partial charge in [0.25, 0.3) is 0 Å². The summed E-state index contributed by atoms with van der Waals surface area (Å²) in [6.45, 7) is 4.73. The van der Waals surface area contributed by atoms with Gasteiger partial charge in [0, 0.05) is 13.2 Å². The molecule has 0 fully saturated rings. The van der Waals surface area contributed by atoms with Gasteiger partial charge < -0.3 is 9.30 Å². The first-order chi connectivity index (χ1) is 9.49. The van der Waals surface area contributed by atoms with Gasteiger partial charge in [-0.05, 0) is 27.9 Å². The zero-order chi connectivity index (χ0) is 14.9. The molecule has 20 heavy (non-hydrogen) atoms. The minimum Gasteiger partial charge on any atom is -0.383 e. The molecule has 1 atom stereocenters. The maximum absolute atomic E-state index is 13.8. The Hall–Kier alpha value is -0.650. The third-order valence-electron chi connectivity index (χ3n) is 3.36. The first kappa shape index (κ1) is 15.7. The third-order valence-corrected chi connectivity index (χ3v) is 4.21. The Labute approximate surface area is 131 Å². The van der Waals surface area contributed by atoms with Gasteiger partial charge in [-0.3, -0.25) is 0 Å². The standard InChI is InChI=1S/C14H17BrClFN2O/c1-8(2)13(7-20-3)19-12-5-10(17)9(15)4-11(12)18-14(19)6-16/h4-5,8,13H,6-7H2,1-3H3. The van der Waals surface area contributed by atoms with Gasteiger partial charge in [0.1, 0.15) is 11.6 Å². The second-order valence-electron chi connectivity index (χ2n) is 5.05. The second kappa shape index (κ2) is 6.41. The largest absolute Gasteiger partial charge is 0.383 e. The van der Waals surface area contributed by atoms with Crippen molar-refractivity contribution in [3.63, 3.8) is 0 Å². The molecular formula is C14H17BrClFN2O. The van der Waals surface area contributed by atoms with E-state index in [9.17, 15) is 4.39 Å². The number of hydrogen-bond acceptors (Lipinski definition) is 2. The van der Waals surface area contributed by atoms with Crippen molar-refractivity contribution >= 4 is 38.6 Å². The number of methoxy groups -OCH3 is 1. The van der Waals surface area contributed by atoms with E-state index in [1.807, 2.05) is 4.57 Å². The number of aromatic nitrogens is 2. The highest BCUT2D eigenvalue weighted by molar-refractivity contribution is 9.10. The number of alkyl halides is 1. The molecule has 0 saturated carbocycles. The molecule has 0 aliphatic carbocycles. The normalized spacial score (nSPS) is 13.3. The maximum Gasteiger partial charge on any atom is 0.139 e. The lowest BCUT2D eigenvalue weighted by molar-refractivity contribution is 0.134. The van der Waals surface area contributed by atoms with E-state index in [1.54, 1.807) is 13.2 Å². The minimum absolute atomic E-state index is 0.0688. The van der Waals surface area contributed by atoms with E-state index in [1.165, 1.54) is 6.07 Å². The SMILES string of the molecule is COCC(C(C)C)n1c(CCl)nc2cc(Br)c(F)cc21. The molecule has 6 heteroatoms. The van der Waals surface area contributed by atoms with Crippen molar-refractivity contribution in [3.05, 3.63) is 28.2 Å². The van der Waals surface area contributed by atoms with E-state index in [0.29, 0.717) is 17.0 Å². The van der Waals surface area contributed by atoms with Crippen LogP contribution < -0.4 is 0 Å². The molecular weight excluding hydrogens is 347 g/mol. The Morgan fingerprint density at radius 2 is 2.15 bits per heavy atom. The molecule has 0 saturated heterocycles. The summed E-state index contributed by atoms with van der Waals surface area (Å²) in [6.07, 6.45) is 0. The van der Waals surface area contributed by atoms with Gasteiger partial charge >= 0.3 is 0 Å². The van der Waals surface area contributed by atoms with Gasteiger partial charge in [-0.1, -0.05) is 13.8 Å². The number of rotatable bonds is 5. The van der Waals surface area contributed by atoms with Crippen LogP contribution in [0.15, 0.2) is 16.6 Å². The minimum atomic E-state index is -0.306. The fourth-order valence-electron chi connectivity index (χ4n) is 2.34. The summed E-state index contributed by atoms with van der Waals surface area (Å²) in [6, 6.07) is 3.24. The van der Waals surface area contributed by atoms with Crippen molar-refractivity contribution in [2.24, 2.45) is 5.92 Å². The summed E-state index contributed by atoms with van der Waals surface area (Å²) in [5.41, 5.74) is 1.48. The average molecular weight is 364 g/mol. The van der Waals surface area contributed by atoms with Crippen LogP contribution in [0.25, 0.3) is 11.0 Å². The van der Waals surface area contributed by atoms with Crippen molar-refractivity contribution in [2.75, 3.05) is 13.7 Å². The second-order valence-corrected chi connectivity index (χ2v) is 6.17. The molecule has 0 spiro atoms. The molecule has 1 aromatic heterocycles. The zero-order valence-electron chi connectivity index (χ0n) is 11.7. The molecule has 110 valence electrons. The van der Waals surface area contributed by atoms with Crippen molar-refractivity contribution in [3.8, 4) is 0 Å². The first-order valence-electron chi connectivity index (χ1n) is 6.40. The molecule has 2 aromatic rings. The third kappa shape index (κ3) is 2.85. The van der Waals surface area contributed by atoms with Crippen molar-refractivity contribution in [1.82, 2.24) is 9.55 Å². The lowest BCUT2D eigenvalue weighted by Gasteiger charge is -2.24. The number of ether oxygens (including phenoxy) is 1. The van der Waals surface area contributed by atoms with Crippen LogP contribution in [0, 0.1) is 11.7 Å². The summed E-state index contributed by atoms with van der Waals surface area (Å²) in [5.74, 6) is 1.02. The van der Waals surface area contributed by atoms with E-state index >= 15 is 0 Å². The predicted molar refractivity (Wildman–Crippen MR) is 82.7 cm³/mol. The van der Waals surface area contributed by atoms with Crippen molar-refractivity contribution in [2.45, 2.75) is 25.8 Å². The number of halogens is 3. The first-order valence-corrected chi connectivity index (χ1v) is 7.73. The monoisotopic (exact) mass is 362 g/mol. The molecule has 1 unspecified atom stereocenters. The Morgan fingerprint density at radius 1 is 1.45 bits per heavy atom. The molecule has 0 aliphatic rings. The molecule has 1 heterocycles. The Kier molecular flexibility index (Phi) is 5.04. The molecule has 1 aromatic carbocycles. The number of imidazole rings is 1. The van der Waals surface area contributed by atoms with Crippen LogP contribution in [-0.2, 0) is 10.6 Å². The summed E-state index contributed by atoms with van der Waals surface area (Å²) < 4.78 is 21.5. The van der Waals surface area contributed by atoms with Crippen LogP contribution in [0.3, 0.4) is 0 Å². The topological polar surface area (TPSA) is 27.1 Å². The van der Waals surface area contributed by atoms with Crippen LogP contribution in [0.4, 0.5) is 4.39 Å². The summed E-state index contributed by atoms with van der Waals surface area (Å²) in [7, 11) is 1.66. The van der Waals surface area contributed by atoms with Gasteiger partial charge in [0.05, 0.1) is 34.0 Å². The molecule has 0 amide bonds. The molecule has 2 rings (SSSR count). The highest BCUT2D eigenvalue weighted by Gasteiger charge is 2.22. The quantitative estimate of drug-likeness (QED) is 0.730. The van der Waals surface area contributed by atoms with Gasteiger partial charge in [-0.25, -0.2) is 9.37 Å². The maximum atomic E-state index is 13.8. The molecule has 3 nitrogen and oxygen atoms in total. The number of benzene rings is 1. The zero-order valence-corrected chi connectivity index (χ0v) is 14.0.